The molecule has 2 N–H and O–H groups in total. The van der Waals surface area contributed by atoms with Crippen molar-refractivity contribution in [3.05, 3.63) is 59.4 Å². The average molecular weight is 342 g/mol. The number of aromatic nitrogens is 1. The van der Waals surface area contributed by atoms with Crippen molar-refractivity contribution in [2.45, 2.75) is 19.5 Å². The molecule has 1 atom stereocenters. The van der Waals surface area contributed by atoms with Gasteiger partial charge in [0.15, 0.2) is 0 Å². The molecular formula is C19H26N4O2. The minimum Gasteiger partial charge on any atom is -0.353 e. The Balaban J connectivity index is 1.86. The van der Waals surface area contributed by atoms with Gasteiger partial charge in [-0.25, -0.2) is 0 Å². The molecule has 0 spiro atoms. The summed E-state index contributed by atoms with van der Waals surface area (Å²) < 4.78 is 2.01. The van der Waals surface area contributed by atoms with Crippen LogP contribution in [0.5, 0.6) is 0 Å². The number of likely N-dealkylation sites (N-methyl/N-ethyl adjacent to an activating group) is 1. The first-order valence-electron chi connectivity index (χ1n) is 8.27. The molecule has 1 aromatic heterocycles. The van der Waals surface area contributed by atoms with E-state index in [1.54, 1.807) is 0 Å². The summed E-state index contributed by atoms with van der Waals surface area (Å²) in [6.07, 6.45) is 1.96. The molecule has 0 saturated carbocycles. The van der Waals surface area contributed by atoms with Crippen LogP contribution < -0.4 is 10.6 Å². The first-order valence-corrected chi connectivity index (χ1v) is 8.27. The van der Waals surface area contributed by atoms with Crippen LogP contribution in [0.3, 0.4) is 0 Å². The lowest BCUT2D eigenvalue weighted by Gasteiger charge is -2.25. The SMILES string of the molecule is Cc1ccc(CNC(=O)C(=O)NCC(c2cccn2C)N(C)C)cc1. The summed E-state index contributed by atoms with van der Waals surface area (Å²) in [6, 6.07) is 11.8. The van der Waals surface area contributed by atoms with Gasteiger partial charge in [-0.15, -0.1) is 0 Å². The lowest BCUT2D eigenvalue weighted by Crippen LogP contribution is -2.43. The maximum atomic E-state index is 12.1. The first kappa shape index (κ1) is 18.7. The summed E-state index contributed by atoms with van der Waals surface area (Å²) in [5.74, 6) is -1.24. The summed E-state index contributed by atoms with van der Waals surface area (Å²) in [6.45, 7) is 2.70. The van der Waals surface area contributed by atoms with Gasteiger partial charge in [-0.3, -0.25) is 14.5 Å². The largest absolute Gasteiger partial charge is 0.353 e. The highest BCUT2D eigenvalue weighted by atomic mass is 16.2. The molecule has 25 heavy (non-hydrogen) atoms. The number of carbonyl (C=O) groups is 2. The van der Waals surface area contributed by atoms with E-state index >= 15 is 0 Å². The highest BCUT2D eigenvalue weighted by Gasteiger charge is 2.20. The van der Waals surface area contributed by atoms with E-state index in [1.165, 1.54) is 0 Å². The third-order valence-electron chi connectivity index (χ3n) is 4.18. The number of nitrogens with one attached hydrogen (secondary N) is 2. The summed E-state index contributed by atoms with van der Waals surface area (Å²) in [5, 5.41) is 5.37. The fraction of sp³-hybridized carbons (Fsp3) is 0.368. The number of carbonyl (C=O) groups excluding carboxylic acids is 2. The fourth-order valence-electron chi connectivity index (χ4n) is 2.61. The molecule has 0 bridgehead atoms. The number of amides is 2. The summed E-state index contributed by atoms with van der Waals surface area (Å²) >= 11 is 0. The van der Waals surface area contributed by atoms with Crippen LogP contribution in [0.15, 0.2) is 42.6 Å². The van der Waals surface area contributed by atoms with Crippen molar-refractivity contribution >= 4 is 11.8 Å². The number of hydrogen-bond donors (Lipinski definition) is 2. The van der Waals surface area contributed by atoms with Crippen LogP contribution >= 0.6 is 0 Å². The second-order valence-electron chi connectivity index (χ2n) is 6.40. The van der Waals surface area contributed by atoms with Gasteiger partial charge in [0, 0.05) is 32.0 Å². The molecule has 1 heterocycles. The number of aryl methyl sites for hydroxylation is 2. The van der Waals surface area contributed by atoms with Crippen LogP contribution in [0, 0.1) is 6.92 Å². The van der Waals surface area contributed by atoms with Crippen molar-refractivity contribution in [3.8, 4) is 0 Å². The Hall–Kier alpha value is -2.60. The van der Waals surface area contributed by atoms with Gasteiger partial charge < -0.3 is 15.2 Å². The van der Waals surface area contributed by atoms with Crippen LogP contribution in [0.1, 0.15) is 22.9 Å². The van der Waals surface area contributed by atoms with Crippen molar-refractivity contribution < 1.29 is 9.59 Å². The highest BCUT2D eigenvalue weighted by Crippen LogP contribution is 2.17. The lowest BCUT2D eigenvalue weighted by molar-refractivity contribution is -0.139. The molecule has 1 unspecified atom stereocenters. The van der Waals surface area contributed by atoms with Gasteiger partial charge in [-0.2, -0.15) is 0 Å². The van der Waals surface area contributed by atoms with E-state index in [-0.39, 0.29) is 6.04 Å². The van der Waals surface area contributed by atoms with Crippen molar-refractivity contribution in [2.24, 2.45) is 7.05 Å². The molecule has 0 fully saturated rings. The Kier molecular flexibility index (Phi) is 6.36. The van der Waals surface area contributed by atoms with Crippen LogP contribution in [-0.4, -0.2) is 41.9 Å². The Morgan fingerprint density at radius 1 is 1.08 bits per heavy atom. The maximum absolute atomic E-state index is 12.1. The van der Waals surface area contributed by atoms with Gasteiger partial charge >= 0.3 is 11.8 Å². The second kappa shape index (κ2) is 8.48. The predicted molar refractivity (Wildman–Crippen MR) is 97.9 cm³/mol. The topological polar surface area (TPSA) is 66.4 Å². The van der Waals surface area contributed by atoms with Crippen molar-refractivity contribution in [3.63, 3.8) is 0 Å². The van der Waals surface area contributed by atoms with E-state index in [0.29, 0.717) is 13.1 Å². The van der Waals surface area contributed by atoms with Crippen LogP contribution in [0.2, 0.25) is 0 Å². The minimum absolute atomic E-state index is 0.00570. The zero-order valence-electron chi connectivity index (χ0n) is 15.2. The number of hydrogen-bond acceptors (Lipinski definition) is 3. The molecule has 2 aromatic rings. The molecule has 2 amide bonds. The zero-order valence-corrected chi connectivity index (χ0v) is 15.2. The molecule has 0 aliphatic carbocycles. The third-order valence-corrected chi connectivity index (χ3v) is 4.18. The fourth-order valence-corrected chi connectivity index (χ4v) is 2.61. The van der Waals surface area contributed by atoms with Gasteiger partial charge in [-0.05, 0) is 38.7 Å². The third kappa shape index (κ3) is 5.19. The monoisotopic (exact) mass is 342 g/mol. The van der Waals surface area contributed by atoms with E-state index in [0.717, 1.165) is 16.8 Å². The van der Waals surface area contributed by atoms with Crippen LogP contribution in [0.25, 0.3) is 0 Å². The van der Waals surface area contributed by atoms with Gasteiger partial charge in [0.2, 0.25) is 0 Å². The summed E-state index contributed by atoms with van der Waals surface area (Å²) in [5.41, 5.74) is 3.19. The second-order valence-corrected chi connectivity index (χ2v) is 6.40. The Bertz CT molecular complexity index is 719. The Labute approximate surface area is 148 Å². The normalized spacial score (nSPS) is 12.0. The van der Waals surface area contributed by atoms with Crippen molar-refractivity contribution in [2.75, 3.05) is 20.6 Å². The Morgan fingerprint density at radius 3 is 2.28 bits per heavy atom. The molecule has 134 valence electrons. The molecule has 0 radical (unpaired) electrons. The average Bonchev–Trinajstić information content (AvgIpc) is 2.99. The van der Waals surface area contributed by atoms with Crippen molar-refractivity contribution in [1.82, 2.24) is 20.1 Å². The molecule has 0 aliphatic heterocycles. The van der Waals surface area contributed by atoms with E-state index in [9.17, 15) is 9.59 Å². The molecule has 2 rings (SSSR count). The molecule has 1 aromatic carbocycles. The van der Waals surface area contributed by atoms with E-state index in [1.807, 2.05) is 80.1 Å². The molecular weight excluding hydrogens is 316 g/mol. The van der Waals surface area contributed by atoms with Gasteiger partial charge in [-0.1, -0.05) is 29.8 Å². The predicted octanol–water partition coefficient (Wildman–Crippen LogP) is 1.37. The molecule has 6 heteroatoms. The first-order chi connectivity index (χ1) is 11.9. The van der Waals surface area contributed by atoms with E-state index < -0.39 is 11.8 Å². The van der Waals surface area contributed by atoms with E-state index in [2.05, 4.69) is 10.6 Å². The standard InChI is InChI=1S/C19H26N4O2/c1-14-7-9-15(10-8-14)12-20-18(24)19(25)21-13-17(22(2)3)16-6-5-11-23(16)4/h5-11,17H,12-13H2,1-4H3,(H,20,24)(H,21,25). The van der Waals surface area contributed by atoms with Crippen LogP contribution in [0.4, 0.5) is 0 Å². The molecule has 0 saturated heterocycles. The number of nitrogens with zero attached hydrogens (tertiary/aromatic N) is 2. The zero-order chi connectivity index (χ0) is 18.4. The quantitative estimate of drug-likeness (QED) is 0.779. The summed E-state index contributed by atoms with van der Waals surface area (Å²) in [7, 11) is 5.85. The minimum atomic E-state index is -0.620. The summed E-state index contributed by atoms with van der Waals surface area (Å²) in [4.78, 5) is 26.0. The number of rotatable bonds is 6. The van der Waals surface area contributed by atoms with Crippen LogP contribution in [-0.2, 0) is 23.2 Å². The molecule has 6 nitrogen and oxygen atoms in total. The number of benzene rings is 1. The van der Waals surface area contributed by atoms with Crippen molar-refractivity contribution in [1.29, 1.82) is 0 Å². The van der Waals surface area contributed by atoms with Gasteiger partial charge in [0.25, 0.3) is 0 Å². The Morgan fingerprint density at radius 2 is 1.72 bits per heavy atom. The maximum Gasteiger partial charge on any atom is 0.309 e. The van der Waals surface area contributed by atoms with Gasteiger partial charge in [0.1, 0.15) is 0 Å². The van der Waals surface area contributed by atoms with Gasteiger partial charge in [0.05, 0.1) is 6.04 Å². The lowest BCUT2D eigenvalue weighted by atomic mass is 10.1. The van der Waals surface area contributed by atoms with E-state index in [4.69, 9.17) is 0 Å². The highest BCUT2D eigenvalue weighted by molar-refractivity contribution is 6.35. The molecule has 0 aliphatic rings. The smallest absolute Gasteiger partial charge is 0.309 e.